The number of nitrogens with zero attached hydrogens (tertiary/aromatic N) is 2. The molecule has 1 rings (SSSR count). The number of hydrogen-bond donors (Lipinski definition) is 2. The SMILES string of the molecule is Cc1cc(C)nc(NCCN)n1. The van der Waals surface area contributed by atoms with Gasteiger partial charge in [-0.1, -0.05) is 0 Å². The number of aryl methyl sites for hydroxylation is 2. The second-order valence-electron chi connectivity index (χ2n) is 2.69. The second-order valence-corrected chi connectivity index (χ2v) is 2.69. The maximum Gasteiger partial charge on any atom is 0.223 e. The molecule has 0 aliphatic rings. The molecule has 0 fully saturated rings. The smallest absolute Gasteiger partial charge is 0.223 e. The van der Waals surface area contributed by atoms with Crippen molar-refractivity contribution in [2.45, 2.75) is 13.8 Å². The molecule has 4 nitrogen and oxygen atoms in total. The van der Waals surface area contributed by atoms with Crippen molar-refractivity contribution in [3.63, 3.8) is 0 Å². The van der Waals surface area contributed by atoms with Crippen LogP contribution in [-0.2, 0) is 0 Å². The van der Waals surface area contributed by atoms with Crippen LogP contribution in [0.3, 0.4) is 0 Å². The van der Waals surface area contributed by atoms with E-state index in [1.807, 2.05) is 19.9 Å². The summed E-state index contributed by atoms with van der Waals surface area (Å²) in [7, 11) is 0. The number of anilines is 1. The Kier molecular flexibility index (Phi) is 2.99. The summed E-state index contributed by atoms with van der Waals surface area (Å²) in [6.07, 6.45) is 0. The number of nitrogens with two attached hydrogens (primary N) is 1. The molecule has 0 radical (unpaired) electrons. The summed E-state index contributed by atoms with van der Waals surface area (Å²) in [5, 5.41) is 3.03. The first kappa shape index (κ1) is 8.93. The fourth-order valence-electron chi connectivity index (χ4n) is 0.989. The first-order chi connectivity index (χ1) is 5.72. The van der Waals surface area contributed by atoms with Crippen molar-refractivity contribution in [3.8, 4) is 0 Å². The molecule has 0 amide bonds. The molecule has 0 aliphatic carbocycles. The van der Waals surface area contributed by atoms with Crippen LogP contribution < -0.4 is 11.1 Å². The van der Waals surface area contributed by atoms with Gasteiger partial charge in [-0.05, 0) is 19.9 Å². The van der Waals surface area contributed by atoms with Crippen molar-refractivity contribution >= 4 is 5.95 Å². The van der Waals surface area contributed by atoms with E-state index in [-0.39, 0.29) is 0 Å². The third-order valence-corrected chi connectivity index (χ3v) is 1.41. The number of rotatable bonds is 3. The van der Waals surface area contributed by atoms with Crippen molar-refractivity contribution in [1.82, 2.24) is 9.97 Å². The number of aromatic nitrogens is 2. The van der Waals surface area contributed by atoms with E-state index in [9.17, 15) is 0 Å². The van der Waals surface area contributed by atoms with Gasteiger partial charge >= 0.3 is 0 Å². The van der Waals surface area contributed by atoms with E-state index in [1.54, 1.807) is 0 Å². The van der Waals surface area contributed by atoms with Gasteiger partial charge in [0.25, 0.3) is 0 Å². The molecule has 4 heteroatoms. The highest BCUT2D eigenvalue weighted by molar-refractivity contribution is 5.27. The molecule has 0 unspecified atom stereocenters. The maximum atomic E-state index is 5.33. The Labute approximate surface area is 72.2 Å². The van der Waals surface area contributed by atoms with E-state index < -0.39 is 0 Å². The van der Waals surface area contributed by atoms with Crippen molar-refractivity contribution in [1.29, 1.82) is 0 Å². The van der Waals surface area contributed by atoms with E-state index in [2.05, 4.69) is 15.3 Å². The van der Waals surface area contributed by atoms with E-state index in [0.29, 0.717) is 19.0 Å². The van der Waals surface area contributed by atoms with Crippen LogP contribution in [0.1, 0.15) is 11.4 Å². The highest BCUT2D eigenvalue weighted by Gasteiger charge is 1.96. The minimum atomic E-state index is 0.594. The van der Waals surface area contributed by atoms with E-state index >= 15 is 0 Å². The minimum absolute atomic E-state index is 0.594. The van der Waals surface area contributed by atoms with Gasteiger partial charge < -0.3 is 11.1 Å². The van der Waals surface area contributed by atoms with Crippen molar-refractivity contribution in [2.75, 3.05) is 18.4 Å². The Balaban J connectivity index is 2.72. The molecular weight excluding hydrogens is 152 g/mol. The fraction of sp³-hybridized carbons (Fsp3) is 0.500. The first-order valence-electron chi connectivity index (χ1n) is 3.98. The molecule has 1 aromatic heterocycles. The Morgan fingerprint density at radius 3 is 2.42 bits per heavy atom. The Morgan fingerprint density at radius 1 is 1.33 bits per heavy atom. The van der Waals surface area contributed by atoms with Gasteiger partial charge in [0, 0.05) is 24.5 Å². The number of nitrogens with one attached hydrogen (secondary N) is 1. The fourth-order valence-corrected chi connectivity index (χ4v) is 0.989. The zero-order valence-electron chi connectivity index (χ0n) is 7.46. The lowest BCUT2D eigenvalue weighted by atomic mass is 10.4. The predicted octanol–water partition coefficient (Wildman–Crippen LogP) is 0.464. The van der Waals surface area contributed by atoms with Crippen LogP contribution in [0.5, 0.6) is 0 Å². The lowest BCUT2D eigenvalue weighted by Crippen LogP contribution is -2.15. The van der Waals surface area contributed by atoms with Gasteiger partial charge in [-0.2, -0.15) is 0 Å². The van der Waals surface area contributed by atoms with E-state index in [4.69, 9.17) is 5.73 Å². The molecular formula is C8H14N4. The first-order valence-corrected chi connectivity index (χ1v) is 3.98. The summed E-state index contributed by atoms with van der Waals surface area (Å²) < 4.78 is 0. The summed E-state index contributed by atoms with van der Waals surface area (Å²) in [5.74, 6) is 0.665. The average Bonchev–Trinajstić information content (AvgIpc) is 1.99. The molecule has 1 heterocycles. The normalized spacial score (nSPS) is 9.92. The molecule has 12 heavy (non-hydrogen) atoms. The molecule has 1 aromatic rings. The van der Waals surface area contributed by atoms with Crippen LogP contribution in [0.4, 0.5) is 5.95 Å². The Hall–Kier alpha value is -1.16. The summed E-state index contributed by atoms with van der Waals surface area (Å²) in [6.45, 7) is 5.20. The second kappa shape index (κ2) is 4.01. The lowest BCUT2D eigenvalue weighted by Gasteiger charge is -2.04. The third-order valence-electron chi connectivity index (χ3n) is 1.41. The molecule has 0 aliphatic heterocycles. The van der Waals surface area contributed by atoms with Gasteiger partial charge in [-0.3, -0.25) is 0 Å². The molecule has 3 N–H and O–H groups in total. The zero-order valence-corrected chi connectivity index (χ0v) is 7.46. The average molecular weight is 166 g/mol. The van der Waals surface area contributed by atoms with Gasteiger partial charge in [0.05, 0.1) is 0 Å². The minimum Gasteiger partial charge on any atom is -0.353 e. The molecule has 0 spiro atoms. The maximum absolute atomic E-state index is 5.33. The zero-order chi connectivity index (χ0) is 8.97. The predicted molar refractivity (Wildman–Crippen MR) is 49.1 cm³/mol. The highest BCUT2D eigenvalue weighted by Crippen LogP contribution is 2.02. The van der Waals surface area contributed by atoms with Gasteiger partial charge in [0.1, 0.15) is 0 Å². The third kappa shape index (κ3) is 2.47. The summed E-state index contributed by atoms with van der Waals surface area (Å²) in [5.41, 5.74) is 7.28. The molecule has 66 valence electrons. The van der Waals surface area contributed by atoms with Gasteiger partial charge in [-0.25, -0.2) is 9.97 Å². The quantitative estimate of drug-likeness (QED) is 0.685. The van der Waals surface area contributed by atoms with Gasteiger partial charge in [0.2, 0.25) is 5.95 Å². The number of hydrogen-bond acceptors (Lipinski definition) is 4. The van der Waals surface area contributed by atoms with Crippen LogP contribution >= 0.6 is 0 Å². The molecule has 0 aromatic carbocycles. The monoisotopic (exact) mass is 166 g/mol. The highest BCUT2D eigenvalue weighted by atomic mass is 15.1. The summed E-state index contributed by atoms with van der Waals surface area (Å²) in [6, 6.07) is 1.94. The largest absolute Gasteiger partial charge is 0.353 e. The van der Waals surface area contributed by atoms with Crippen LogP contribution in [-0.4, -0.2) is 23.1 Å². The van der Waals surface area contributed by atoms with Crippen molar-refractivity contribution < 1.29 is 0 Å². The van der Waals surface area contributed by atoms with Crippen LogP contribution in [0.15, 0.2) is 6.07 Å². The lowest BCUT2D eigenvalue weighted by molar-refractivity contribution is 0.967. The molecule has 0 bridgehead atoms. The summed E-state index contributed by atoms with van der Waals surface area (Å²) in [4.78, 5) is 8.39. The van der Waals surface area contributed by atoms with Crippen LogP contribution in [0, 0.1) is 13.8 Å². The standard InChI is InChI=1S/C8H14N4/c1-6-5-7(2)12-8(11-6)10-4-3-9/h5H,3-4,9H2,1-2H3,(H,10,11,12). The van der Waals surface area contributed by atoms with Gasteiger partial charge in [0.15, 0.2) is 0 Å². The molecule has 0 saturated carbocycles. The Morgan fingerprint density at radius 2 is 1.92 bits per heavy atom. The Bertz CT molecular complexity index is 239. The van der Waals surface area contributed by atoms with Crippen LogP contribution in [0.2, 0.25) is 0 Å². The van der Waals surface area contributed by atoms with E-state index in [1.165, 1.54) is 0 Å². The topological polar surface area (TPSA) is 63.8 Å². The van der Waals surface area contributed by atoms with Gasteiger partial charge in [-0.15, -0.1) is 0 Å². The summed E-state index contributed by atoms with van der Waals surface area (Å²) >= 11 is 0. The van der Waals surface area contributed by atoms with E-state index in [0.717, 1.165) is 11.4 Å². The van der Waals surface area contributed by atoms with Crippen LogP contribution in [0.25, 0.3) is 0 Å². The molecule has 0 saturated heterocycles. The van der Waals surface area contributed by atoms with Crippen molar-refractivity contribution in [3.05, 3.63) is 17.5 Å². The van der Waals surface area contributed by atoms with Crippen molar-refractivity contribution in [2.24, 2.45) is 5.73 Å². The molecule has 0 atom stereocenters.